The van der Waals surface area contributed by atoms with Gasteiger partial charge in [-0.15, -0.1) is 0 Å². The number of aliphatic hydroxyl groups is 14. The van der Waals surface area contributed by atoms with Gasteiger partial charge in [0.1, 0.15) is 116 Å². The first-order valence-corrected chi connectivity index (χ1v) is 34.4. The van der Waals surface area contributed by atoms with Gasteiger partial charge in [0.25, 0.3) is 0 Å². The number of rotatable bonds is 46. The summed E-state index contributed by atoms with van der Waals surface area (Å²) in [6.45, 7) is 0.0625. The van der Waals surface area contributed by atoms with Crippen LogP contribution in [-0.4, -0.2) is 256 Å². The van der Waals surface area contributed by atoms with Gasteiger partial charge in [0, 0.05) is 12.8 Å². The highest BCUT2D eigenvalue weighted by Gasteiger charge is 2.58. The maximum atomic E-state index is 14.2. The van der Waals surface area contributed by atoms with Crippen molar-refractivity contribution >= 4 is 19.8 Å². The van der Waals surface area contributed by atoms with Crippen molar-refractivity contribution in [1.82, 2.24) is 0 Å². The predicted octanol–water partition coefficient (Wildman–Crippen LogP) is 1.59. The smallest absolute Gasteiger partial charge is 0.462 e. The van der Waals surface area contributed by atoms with Crippen LogP contribution in [0.4, 0.5) is 0 Å². The molecule has 3 saturated heterocycles. The Morgan fingerprint density at radius 2 is 0.742 bits per heavy atom. The van der Waals surface area contributed by atoms with E-state index in [2.05, 4.69) is 13.8 Å². The van der Waals surface area contributed by atoms with Crippen LogP contribution in [-0.2, 0) is 61.1 Å². The second-order valence-corrected chi connectivity index (χ2v) is 25.8. The van der Waals surface area contributed by atoms with Gasteiger partial charge in [-0.25, -0.2) is 4.57 Å². The lowest BCUT2D eigenvalue weighted by atomic mass is 9.84. The Morgan fingerprint density at radius 3 is 1.15 bits per heavy atom. The van der Waals surface area contributed by atoms with Gasteiger partial charge in [-0.3, -0.25) is 18.6 Å². The molecule has 1 saturated carbocycles. The summed E-state index contributed by atoms with van der Waals surface area (Å²) in [5.74, 6) is -1.39. The summed E-state index contributed by atoms with van der Waals surface area (Å²) in [5.41, 5.74) is 0. The third-order valence-electron chi connectivity index (χ3n) is 17.0. The lowest BCUT2D eigenvalue weighted by Gasteiger charge is -2.49. The summed E-state index contributed by atoms with van der Waals surface area (Å²) in [5, 5.41) is 150. The Morgan fingerprint density at radius 1 is 0.404 bits per heavy atom. The number of carbonyl (C=O) groups excluding carboxylic acids is 2. The van der Waals surface area contributed by atoms with Crippen LogP contribution in [0.25, 0.3) is 0 Å². The molecule has 10 unspecified atom stereocenters. The van der Waals surface area contributed by atoms with E-state index in [0.29, 0.717) is 19.3 Å². The highest BCUT2D eigenvalue weighted by molar-refractivity contribution is 7.47. The molecular weight excluding hydrogens is 1200 g/mol. The molecule has 4 aliphatic rings. The lowest BCUT2D eigenvalue weighted by Crippen LogP contribution is -2.69. The Bertz CT molecular complexity index is 1930. The van der Waals surface area contributed by atoms with Gasteiger partial charge < -0.3 is 114 Å². The molecule has 0 radical (unpaired) electrons. The molecule has 0 aromatic carbocycles. The fourth-order valence-electron chi connectivity index (χ4n) is 11.4. The first-order chi connectivity index (χ1) is 42.6. The third kappa shape index (κ3) is 27.1. The zero-order chi connectivity index (χ0) is 65.5. The van der Waals surface area contributed by atoms with Gasteiger partial charge in [-0.1, -0.05) is 174 Å². The van der Waals surface area contributed by atoms with Gasteiger partial charge in [0.2, 0.25) is 0 Å². The normalized spacial score (nSPS) is 34.5. The summed E-state index contributed by atoms with van der Waals surface area (Å²) in [4.78, 5) is 37.9. The van der Waals surface area contributed by atoms with Crippen LogP contribution in [0.5, 0.6) is 0 Å². The molecule has 29 heteroatoms. The minimum absolute atomic E-state index is 0.0249. The highest BCUT2D eigenvalue weighted by atomic mass is 31.2. The van der Waals surface area contributed by atoms with E-state index in [9.17, 15) is 90.5 Å². The molecule has 0 aromatic rings. The number of aliphatic hydroxyl groups excluding tert-OH is 14. The Hall–Kier alpha value is -1.75. The van der Waals surface area contributed by atoms with Gasteiger partial charge in [0.05, 0.1) is 26.4 Å². The van der Waals surface area contributed by atoms with E-state index in [1.807, 2.05) is 0 Å². The maximum Gasteiger partial charge on any atom is 0.472 e. The number of hydrogen-bond donors (Lipinski definition) is 15. The van der Waals surface area contributed by atoms with Crippen LogP contribution < -0.4 is 0 Å². The summed E-state index contributed by atoms with van der Waals surface area (Å²) in [7, 11) is -5.74. The largest absolute Gasteiger partial charge is 0.472 e. The number of hydrogen-bond acceptors (Lipinski definition) is 27. The zero-order valence-electron chi connectivity index (χ0n) is 52.2. The van der Waals surface area contributed by atoms with Gasteiger partial charge in [-0.2, -0.15) is 0 Å². The van der Waals surface area contributed by atoms with Crippen molar-refractivity contribution in [2.24, 2.45) is 0 Å². The lowest BCUT2D eigenvalue weighted by molar-refractivity contribution is -0.364. The van der Waals surface area contributed by atoms with Crippen molar-refractivity contribution in [3.8, 4) is 0 Å². The van der Waals surface area contributed by atoms with E-state index in [0.717, 1.165) is 57.8 Å². The topological polar surface area (TPSA) is 447 Å². The summed E-state index contributed by atoms with van der Waals surface area (Å²) in [6.07, 6.45) is -16.1. The van der Waals surface area contributed by atoms with Crippen molar-refractivity contribution in [2.45, 2.75) is 335 Å². The Labute approximate surface area is 523 Å². The monoisotopic (exact) mass is 1310 g/mol. The number of phosphoric ester groups is 1. The standard InChI is InChI=1S/C60H111O28P/c1-3-5-7-9-11-13-15-16-17-18-19-21-22-24-26-28-30-41(63)79-34-37(82-42(64)31-29-27-25-23-20-14-12-10-8-6-4-2)35-81-89(77,78)88-57-55(86-59-53(75)47(69)44(66)39(33-62)84-59)50(72)49(71)51(73)56(57)87-60-54(76)48(70)45(67)40(85-60)36-80-58-52(74)46(68)43(65)38(32-61)83-58/h37-40,43-62,65-76H,3-36H2,1-2H3,(H,77,78)/t37-,38?,39?,40?,43+,44-,45+,46?,47?,48?,49+,50?,51?,52+,53-,54+,55-,56?,57+,58-,59-,60+/m1/s1. The first kappa shape index (κ1) is 79.7. The number of carbonyl (C=O) groups is 2. The molecule has 23 atom stereocenters. The summed E-state index contributed by atoms with van der Waals surface area (Å²) >= 11 is 0. The summed E-state index contributed by atoms with van der Waals surface area (Å²) in [6, 6.07) is 0. The molecule has 524 valence electrons. The van der Waals surface area contributed by atoms with Gasteiger partial charge in [-0.05, 0) is 12.8 Å². The molecule has 3 heterocycles. The molecule has 0 spiro atoms. The maximum absolute atomic E-state index is 14.2. The second kappa shape index (κ2) is 43.3. The van der Waals surface area contributed by atoms with E-state index in [4.69, 9.17) is 46.9 Å². The van der Waals surface area contributed by atoms with Crippen LogP contribution in [0.3, 0.4) is 0 Å². The van der Waals surface area contributed by atoms with Crippen molar-refractivity contribution in [3.63, 3.8) is 0 Å². The van der Waals surface area contributed by atoms with E-state index < -0.39 is 188 Å². The molecule has 1 aliphatic carbocycles. The van der Waals surface area contributed by atoms with E-state index >= 15 is 0 Å². The van der Waals surface area contributed by atoms with Crippen molar-refractivity contribution in [2.75, 3.05) is 33.0 Å². The molecule has 0 amide bonds. The molecule has 28 nitrogen and oxygen atoms in total. The number of unbranched alkanes of at least 4 members (excludes halogenated alkanes) is 25. The van der Waals surface area contributed by atoms with Crippen molar-refractivity contribution < 1.29 is 137 Å². The van der Waals surface area contributed by atoms with Crippen LogP contribution in [0, 0.1) is 0 Å². The Kier molecular flexibility index (Phi) is 38.8. The van der Waals surface area contributed by atoms with Crippen LogP contribution in [0.1, 0.15) is 200 Å². The average molecular weight is 1310 g/mol. The van der Waals surface area contributed by atoms with E-state index in [-0.39, 0.29) is 12.8 Å². The molecule has 0 aromatic heterocycles. The number of ether oxygens (including phenoxy) is 8. The van der Waals surface area contributed by atoms with Gasteiger partial charge in [0.15, 0.2) is 25.0 Å². The zero-order valence-corrected chi connectivity index (χ0v) is 53.1. The first-order valence-electron chi connectivity index (χ1n) is 32.9. The average Bonchev–Trinajstić information content (AvgIpc) is 0.901. The van der Waals surface area contributed by atoms with Crippen LogP contribution in [0.15, 0.2) is 0 Å². The fourth-order valence-corrected chi connectivity index (χ4v) is 12.3. The minimum Gasteiger partial charge on any atom is -0.462 e. The van der Waals surface area contributed by atoms with E-state index in [1.54, 1.807) is 0 Å². The number of esters is 2. The van der Waals surface area contributed by atoms with Crippen LogP contribution >= 0.6 is 7.82 Å². The summed E-state index contributed by atoms with van der Waals surface area (Å²) < 4.78 is 69.8. The molecular formula is C60H111O28P. The van der Waals surface area contributed by atoms with Crippen LogP contribution in [0.2, 0.25) is 0 Å². The fraction of sp³-hybridized carbons (Fsp3) is 0.967. The quantitative estimate of drug-likeness (QED) is 0.0234. The molecule has 0 bridgehead atoms. The molecule has 4 fully saturated rings. The third-order valence-corrected chi connectivity index (χ3v) is 18.0. The minimum atomic E-state index is -5.74. The Balaban J connectivity index is 1.47. The molecule has 4 rings (SSSR count). The van der Waals surface area contributed by atoms with Gasteiger partial charge >= 0.3 is 19.8 Å². The predicted molar refractivity (Wildman–Crippen MR) is 315 cm³/mol. The van der Waals surface area contributed by atoms with E-state index in [1.165, 1.54) is 96.3 Å². The SMILES string of the molecule is CCCCCCCCCCCCCCCCCCC(=O)OC[C@H](COP(=O)(O)O[C@@H]1C(O[C@@H]2OC(CO[C@@H]3OC(CO)[C@H](O)C(O)[C@@H]3O)[C@H](O)C(O)[C@@H]2O)C(O)[C@@H](O)C(O)[C@H]1O[C@H]1OC(CO)[C@@H](O)C(O)[C@H]1O)OC(=O)CCCCCCCCCCCCC. The van der Waals surface area contributed by atoms with Crippen molar-refractivity contribution in [1.29, 1.82) is 0 Å². The molecule has 3 aliphatic heterocycles. The molecule has 15 N–H and O–H groups in total. The number of phosphoric acid groups is 1. The van der Waals surface area contributed by atoms with Crippen molar-refractivity contribution in [3.05, 3.63) is 0 Å². The second-order valence-electron chi connectivity index (χ2n) is 24.4. The highest BCUT2D eigenvalue weighted by Crippen LogP contribution is 2.49. The molecule has 89 heavy (non-hydrogen) atoms.